The molecule has 0 bridgehead atoms. The summed E-state index contributed by atoms with van der Waals surface area (Å²) < 4.78 is 26.3. The molecule has 1 nitrogen and oxygen atoms in total. The molecule has 1 unspecified atom stereocenters. The molecule has 0 aromatic heterocycles. The maximum absolute atomic E-state index is 13.4. The Morgan fingerprint density at radius 3 is 2.88 bits per heavy atom. The second-order valence-electron chi connectivity index (χ2n) is 3.65. The lowest BCUT2D eigenvalue weighted by Gasteiger charge is -2.14. The fourth-order valence-electron chi connectivity index (χ4n) is 1.47. The van der Waals surface area contributed by atoms with E-state index in [0.717, 1.165) is 18.6 Å². The van der Waals surface area contributed by atoms with Gasteiger partial charge in [-0.2, -0.15) is 0 Å². The Bertz CT molecular complexity index is 382. The average Bonchev–Trinajstić information content (AvgIpc) is 2.27. The highest BCUT2D eigenvalue weighted by molar-refractivity contribution is 5.21. The molecule has 1 atom stereocenters. The van der Waals surface area contributed by atoms with Crippen molar-refractivity contribution in [1.29, 1.82) is 0 Å². The molecule has 0 aliphatic carbocycles. The van der Waals surface area contributed by atoms with Crippen LogP contribution in [0.4, 0.5) is 8.78 Å². The molecule has 0 heterocycles. The van der Waals surface area contributed by atoms with Gasteiger partial charge in [-0.05, 0) is 38.1 Å². The van der Waals surface area contributed by atoms with Crippen molar-refractivity contribution in [3.63, 3.8) is 0 Å². The highest BCUT2D eigenvalue weighted by Gasteiger charge is 2.10. The van der Waals surface area contributed by atoms with Crippen LogP contribution in [0, 0.1) is 24.0 Å². The molecule has 1 N–H and O–H groups in total. The van der Waals surface area contributed by atoms with E-state index < -0.39 is 11.6 Å². The summed E-state index contributed by atoms with van der Waals surface area (Å²) in [6.45, 7) is 2.50. The van der Waals surface area contributed by atoms with Crippen molar-refractivity contribution in [3.05, 3.63) is 35.4 Å². The summed E-state index contributed by atoms with van der Waals surface area (Å²) in [5.74, 6) is 1.71. The maximum atomic E-state index is 13.4. The molecule has 3 heteroatoms. The van der Waals surface area contributed by atoms with Crippen molar-refractivity contribution >= 4 is 0 Å². The molecule has 1 aromatic carbocycles. The smallest absolute Gasteiger partial charge is 0.128 e. The van der Waals surface area contributed by atoms with Crippen molar-refractivity contribution in [2.45, 2.75) is 25.8 Å². The average molecular weight is 223 g/mol. The standard InChI is InChI=1S/C13H15F2N/c1-3-4-5-8-16-10(2)12-9-11(14)6-7-13(12)15/h1,6-7,9-10,16H,4-5,8H2,2H3. The SMILES string of the molecule is C#CCCCNC(C)c1cc(F)ccc1F. The van der Waals surface area contributed by atoms with Crippen LogP contribution in [0.2, 0.25) is 0 Å². The highest BCUT2D eigenvalue weighted by Crippen LogP contribution is 2.17. The first-order chi connectivity index (χ1) is 7.65. The zero-order chi connectivity index (χ0) is 12.0. The quantitative estimate of drug-likeness (QED) is 0.597. The lowest BCUT2D eigenvalue weighted by Crippen LogP contribution is -2.20. The van der Waals surface area contributed by atoms with Crippen LogP contribution in [0.1, 0.15) is 31.4 Å². The highest BCUT2D eigenvalue weighted by atomic mass is 19.1. The molecule has 0 spiro atoms. The lowest BCUT2D eigenvalue weighted by atomic mass is 10.1. The van der Waals surface area contributed by atoms with Crippen molar-refractivity contribution < 1.29 is 8.78 Å². The van der Waals surface area contributed by atoms with Gasteiger partial charge in [-0.15, -0.1) is 12.3 Å². The van der Waals surface area contributed by atoms with E-state index in [2.05, 4.69) is 11.2 Å². The van der Waals surface area contributed by atoms with Gasteiger partial charge in [0.1, 0.15) is 11.6 Å². The van der Waals surface area contributed by atoms with Gasteiger partial charge in [0.15, 0.2) is 0 Å². The minimum absolute atomic E-state index is 0.214. The number of hydrogen-bond acceptors (Lipinski definition) is 1. The normalized spacial score (nSPS) is 12.1. The van der Waals surface area contributed by atoms with Crippen molar-refractivity contribution in [2.75, 3.05) is 6.54 Å². The third-order valence-corrected chi connectivity index (χ3v) is 2.37. The number of rotatable bonds is 5. The zero-order valence-electron chi connectivity index (χ0n) is 9.26. The molecule has 0 aliphatic rings. The van der Waals surface area contributed by atoms with Gasteiger partial charge in [0, 0.05) is 18.0 Å². The molecule has 0 aliphatic heterocycles. The maximum Gasteiger partial charge on any atom is 0.128 e. The lowest BCUT2D eigenvalue weighted by molar-refractivity contribution is 0.515. The second kappa shape index (κ2) is 6.24. The van der Waals surface area contributed by atoms with E-state index in [1.165, 1.54) is 6.07 Å². The molecular weight excluding hydrogens is 208 g/mol. The summed E-state index contributed by atoms with van der Waals surface area (Å²) in [5, 5.41) is 3.10. The van der Waals surface area contributed by atoms with Gasteiger partial charge < -0.3 is 5.32 Å². The minimum Gasteiger partial charge on any atom is -0.310 e. The van der Waals surface area contributed by atoms with Crippen LogP contribution >= 0.6 is 0 Å². The Morgan fingerprint density at radius 1 is 1.44 bits per heavy atom. The fourth-order valence-corrected chi connectivity index (χ4v) is 1.47. The summed E-state index contributed by atoms with van der Waals surface area (Å²) in [7, 11) is 0. The van der Waals surface area contributed by atoms with E-state index in [1.807, 2.05) is 0 Å². The first-order valence-corrected chi connectivity index (χ1v) is 5.27. The largest absolute Gasteiger partial charge is 0.310 e. The molecule has 1 aromatic rings. The van der Waals surface area contributed by atoms with Gasteiger partial charge >= 0.3 is 0 Å². The molecule has 0 fully saturated rings. The molecule has 0 amide bonds. The summed E-state index contributed by atoms with van der Waals surface area (Å²) in [4.78, 5) is 0. The number of benzene rings is 1. The Morgan fingerprint density at radius 2 is 2.19 bits per heavy atom. The van der Waals surface area contributed by atoms with E-state index in [1.54, 1.807) is 6.92 Å². The predicted molar refractivity (Wildman–Crippen MR) is 60.8 cm³/mol. The fraction of sp³-hybridized carbons (Fsp3) is 0.385. The number of unbranched alkanes of at least 4 members (excludes halogenated alkanes) is 1. The summed E-state index contributed by atoms with van der Waals surface area (Å²) in [6.07, 6.45) is 6.63. The van der Waals surface area contributed by atoms with Crippen molar-refractivity contribution in [3.8, 4) is 12.3 Å². The first kappa shape index (κ1) is 12.7. The monoisotopic (exact) mass is 223 g/mol. The molecule has 0 radical (unpaired) electrons. The van der Waals surface area contributed by atoms with Crippen LogP contribution in [-0.4, -0.2) is 6.54 Å². The van der Waals surface area contributed by atoms with Gasteiger partial charge in [0.2, 0.25) is 0 Å². The van der Waals surface area contributed by atoms with E-state index in [4.69, 9.17) is 6.42 Å². The van der Waals surface area contributed by atoms with Crippen LogP contribution in [0.25, 0.3) is 0 Å². The summed E-state index contributed by atoms with van der Waals surface area (Å²) >= 11 is 0. The van der Waals surface area contributed by atoms with Crippen LogP contribution in [0.3, 0.4) is 0 Å². The molecule has 0 saturated carbocycles. The minimum atomic E-state index is -0.423. The van der Waals surface area contributed by atoms with Gasteiger partial charge in [-0.1, -0.05) is 0 Å². The van der Waals surface area contributed by atoms with Crippen LogP contribution in [-0.2, 0) is 0 Å². The summed E-state index contributed by atoms with van der Waals surface area (Å²) in [6, 6.07) is 3.26. The van der Waals surface area contributed by atoms with E-state index in [9.17, 15) is 8.78 Å². The van der Waals surface area contributed by atoms with Gasteiger partial charge in [-0.25, -0.2) is 8.78 Å². The van der Waals surface area contributed by atoms with E-state index >= 15 is 0 Å². The van der Waals surface area contributed by atoms with Gasteiger partial charge in [-0.3, -0.25) is 0 Å². The molecule has 0 saturated heterocycles. The topological polar surface area (TPSA) is 12.0 Å². The third-order valence-electron chi connectivity index (χ3n) is 2.37. The number of hydrogen-bond donors (Lipinski definition) is 1. The first-order valence-electron chi connectivity index (χ1n) is 5.27. The zero-order valence-corrected chi connectivity index (χ0v) is 9.26. The van der Waals surface area contributed by atoms with Crippen LogP contribution in [0.5, 0.6) is 0 Å². The molecule has 16 heavy (non-hydrogen) atoms. The number of terminal acetylenes is 1. The van der Waals surface area contributed by atoms with E-state index in [-0.39, 0.29) is 6.04 Å². The van der Waals surface area contributed by atoms with E-state index in [0.29, 0.717) is 18.5 Å². The van der Waals surface area contributed by atoms with Crippen molar-refractivity contribution in [2.24, 2.45) is 0 Å². The summed E-state index contributed by atoms with van der Waals surface area (Å²) in [5.41, 5.74) is 0.348. The number of nitrogens with one attached hydrogen (secondary N) is 1. The Balaban J connectivity index is 2.55. The Kier molecular flexibility index (Phi) is 4.94. The molecule has 86 valence electrons. The predicted octanol–water partition coefficient (Wildman–Crippen LogP) is 3.03. The van der Waals surface area contributed by atoms with Gasteiger partial charge in [0.25, 0.3) is 0 Å². The molecular formula is C13H15F2N. The Hall–Kier alpha value is -1.40. The second-order valence-corrected chi connectivity index (χ2v) is 3.65. The third kappa shape index (κ3) is 3.63. The number of halogens is 2. The Labute approximate surface area is 94.9 Å². The van der Waals surface area contributed by atoms with Crippen LogP contribution < -0.4 is 5.32 Å². The van der Waals surface area contributed by atoms with Crippen LogP contribution in [0.15, 0.2) is 18.2 Å². The molecule has 1 rings (SSSR count). The van der Waals surface area contributed by atoms with Gasteiger partial charge in [0.05, 0.1) is 0 Å². The van der Waals surface area contributed by atoms with Crippen molar-refractivity contribution in [1.82, 2.24) is 5.32 Å².